The van der Waals surface area contributed by atoms with Crippen LogP contribution in [0.3, 0.4) is 0 Å². The van der Waals surface area contributed by atoms with Crippen molar-refractivity contribution in [3.8, 4) is 0 Å². The summed E-state index contributed by atoms with van der Waals surface area (Å²) < 4.78 is 43.9. The molecule has 1 atom stereocenters. The molecule has 15 heteroatoms. The first-order chi connectivity index (χ1) is 13.4. The molecule has 0 amide bonds. The molecule has 3 rings (SSSR count). The summed E-state index contributed by atoms with van der Waals surface area (Å²) in [5.41, 5.74) is -2.66. The van der Waals surface area contributed by atoms with Gasteiger partial charge in [-0.3, -0.25) is 4.79 Å². The molecule has 1 fully saturated rings. The van der Waals surface area contributed by atoms with Gasteiger partial charge in [0.1, 0.15) is 26.8 Å². The minimum atomic E-state index is -4.63. The number of carbonyl (C=O) groups is 1. The SMILES string of the molecule is [B]C([B])([B])[C@@]1(c2nc(Cl)c(Nc3ncc(C(F)(F)F)c(NC)n3)s2)CCOC1=O. The molecule has 1 aliphatic rings. The highest BCUT2D eigenvalue weighted by Gasteiger charge is 2.55. The summed E-state index contributed by atoms with van der Waals surface area (Å²) in [6.07, 6.45) is -3.93. The number of anilines is 3. The highest BCUT2D eigenvalue weighted by molar-refractivity contribution is 7.16. The van der Waals surface area contributed by atoms with Crippen LogP contribution < -0.4 is 10.6 Å². The molecule has 0 unspecified atom stereocenters. The molecule has 0 bridgehead atoms. The topological polar surface area (TPSA) is 89.0 Å². The Hall–Kier alpha value is -1.95. The number of ether oxygens (including phenoxy) is 1. The van der Waals surface area contributed by atoms with E-state index in [2.05, 4.69) is 25.6 Å². The van der Waals surface area contributed by atoms with Crippen LogP contribution in [0.25, 0.3) is 0 Å². The van der Waals surface area contributed by atoms with Gasteiger partial charge in [-0.05, 0) is 0 Å². The molecule has 6 radical (unpaired) electrons. The lowest BCUT2D eigenvalue weighted by Crippen LogP contribution is -2.45. The van der Waals surface area contributed by atoms with E-state index in [1.54, 1.807) is 0 Å². The van der Waals surface area contributed by atoms with E-state index in [0.717, 1.165) is 11.3 Å². The number of esters is 1. The smallest absolute Gasteiger partial charge is 0.421 e. The van der Waals surface area contributed by atoms with E-state index in [9.17, 15) is 18.0 Å². The number of nitrogens with one attached hydrogen (secondary N) is 2. The highest BCUT2D eigenvalue weighted by atomic mass is 35.5. The molecule has 1 aliphatic heterocycles. The average Bonchev–Trinajstić information content (AvgIpc) is 3.17. The summed E-state index contributed by atoms with van der Waals surface area (Å²) in [7, 11) is 18.8. The van der Waals surface area contributed by atoms with Gasteiger partial charge in [-0.25, -0.2) is 9.97 Å². The number of carbonyl (C=O) groups excluding carboxylic acids is 1. The van der Waals surface area contributed by atoms with Crippen LogP contribution in [0.15, 0.2) is 6.20 Å². The minimum absolute atomic E-state index is 0.0414. The Kier molecular flexibility index (Phi) is 5.54. The van der Waals surface area contributed by atoms with E-state index in [4.69, 9.17) is 39.9 Å². The molecule has 3 heterocycles. The number of halogens is 4. The number of rotatable bonds is 5. The van der Waals surface area contributed by atoms with Crippen molar-refractivity contribution in [1.82, 2.24) is 15.0 Å². The lowest BCUT2D eigenvalue weighted by atomic mass is 9.32. The Labute approximate surface area is 176 Å². The number of hydrogen-bond donors (Lipinski definition) is 2. The van der Waals surface area contributed by atoms with Crippen molar-refractivity contribution in [3.05, 3.63) is 21.9 Å². The lowest BCUT2D eigenvalue weighted by molar-refractivity contribution is -0.142. The van der Waals surface area contributed by atoms with Crippen LogP contribution in [0.4, 0.5) is 29.9 Å². The van der Waals surface area contributed by atoms with Crippen molar-refractivity contribution in [2.45, 2.75) is 23.1 Å². The maximum atomic E-state index is 13.0. The number of alkyl halides is 3. The minimum Gasteiger partial charge on any atom is -0.465 e. The Bertz CT molecular complexity index is 956. The second kappa shape index (κ2) is 7.39. The lowest BCUT2D eigenvalue weighted by Gasteiger charge is -2.37. The Morgan fingerprint density at radius 1 is 1.31 bits per heavy atom. The Morgan fingerprint density at radius 3 is 2.52 bits per heavy atom. The van der Waals surface area contributed by atoms with E-state index in [1.165, 1.54) is 7.05 Å². The Morgan fingerprint density at radius 2 is 2.00 bits per heavy atom. The Balaban J connectivity index is 1.97. The molecular formula is C14H10B3ClF3N5O2S. The van der Waals surface area contributed by atoms with E-state index < -0.39 is 34.1 Å². The van der Waals surface area contributed by atoms with Gasteiger partial charge in [0.05, 0.1) is 30.1 Å². The zero-order chi connectivity index (χ0) is 21.6. The van der Waals surface area contributed by atoms with Crippen molar-refractivity contribution in [2.24, 2.45) is 0 Å². The summed E-state index contributed by atoms with van der Waals surface area (Å²) in [5, 5.41) is 3.21. The van der Waals surface area contributed by atoms with Gasteiger partial charge >= 0.3 is 12.1 Å². The maximum Gasteiger partial charge on any atom is 0.421 e. The summed E-state index contributed by atoms with van der Waals surface area (Å²) in [5.74, 6) is -1.36. The fourth-order valence-electron chi connectivity index (χ4n) is 2.80. The van der Waals surface area contributed by atoms with Gasteiger partial charge in [0, 0.05) is 19.7 Å². The molecule has 0 spiro atoms. The first kappa shape index (κ1) is 21.8. The quantitative estimate of drug-likeness (QED) is 0.548. The van der Waals surface area contributed by atoms with Crippen molar-refractivity contribution in [3.63, 3.8) is 0 Å². The molecule has 0 aromatic carbocycles. The van der Waals surface area contributed by atoms with Crippen LogP contribution in [0.1, 0.15) is 17.0 Å². The predicted octanol–water partition coefficient (Wildman–Crippen LogP) is 2.15. The van der Waals surface area contributed by atoms with Crippen molar-refractivity contribution < 1.29 is 22.7 Å². The van der Waals surface area contributed by atoms with Crippen molar-refractivity contribution >= 4 is 69.2 Å². The van der Waals surface area contributed by atoms with Gasteiger partial charge in [-0.15, -0.1) is 5.11 Å². The molecule has 1 saturated heterocycles. The zero-order valence-corrected chi connectivity index (χ0v) is 16.4. The number of nitrogens with zero attached hydrogens (tertiary/aromatic N) is 3. The van der Waals surface area contributed by atoms with E-state index >= 15 is 0 Å². The monoisotopic (exact) mass is 437 g/mol. The fraction of sp³-hybridized carbons (Fsp3) is 0.429. The standard InChI is InChI=1S/C14H10B3ClF3N5O2S/c1-22-7-5(13(19,20)21)4-23-11(25-7)26-8-6(18)24-9(29-8)12(14(15,16)17)2-3-28-10(12)27/h4H,2-3H2,1H3,(H2,22,23,25,26)/t12-/m1/s1. The molecule has 2 aromatic rings. The van der Waals surface area contributed by atoms with Crippen LogP contribution in [0.5, 0.6) is 0 Å². The fourth-order valence-corrected chi connectivity index (χ4v) is 4.23. The van der Waals surface area contributed by atoms with Crippen LogP contribution in [0, 0.1) is 0 Å². The number of cyclic esters (lactones) is 1. The molecule has 7 nitrogen and oxygen atoms in total. The van der Waals surface area contributed by atoms with Crippen LogP contribution in [-0.4, -0.2) is 58.1 Å². The third kappa shape index (κ3) is 3.79. The summed E-state index contributed by atoms with van der Waals surface area (Å²) in [6.45, 7) is 0.0414. The van der Waals surface area contributed by atoms with Gasteiger partial charge in [-0.2, -0.15) is 18.2 Å². The van der Waals surface area contributed by atoms with E-state index in [0.29, 0.717) is 6.20 Å². The van der Waals surface area contributed by atoms with Crippen LogP contribution >= 0.6 is 22.9 Å². The van der Waals surface area contributed by atoms with Gasteiger partial charge in [0.2, 0.25) is 5.95 Å². The van der Waals surface area contributed by atoms with Gasteiger partial charge in [0.15, 0.2) is 5.15 Å². The number of hydrogen-bond acceptors (Lipinski definition) is 8. The molecule has 2 N–H and O–H groups in total. The molecule has 29 heavy (non-hydrogen) atoms. The summed E-state index contributed by atoms with van der Waals surface area (Å²) in [6, 6.07) is 0. The van der Waals surface area contributed by atoms with Crippen LogP contribution in [-0.2, 0) is 21.1 Å². The summed E-state index contributed by atoms with van der Waals surface area (Å²) in [4.78, 5) is 23.9. The number of aromatic nitrogens is 3. The third-order valence-corrected chi connectivity index (χ3v) is 5.82. The first-order valence-corrected chi connectivity index (χ1v) is 9.19. The average molecular weight is 437 g/mol. The van der Waals surface area contributed by atoms with E-state index in [1.807, 2.05) is 0 Å². The summed E-state index contributed by atoms with van der Waals surface area (Å²) >= 11 is 7.01. The largest absolute Gasteiger partial charge is 0.465 e. The van der Waals surface area contributed by atoms with Gasteiger partial charge in [0.25, 0.3) is 0 Å². The van der Waals surface area contributed by atoms with E-state index in [-0.39, 0.29) is 34.1 Å². The molecular weight excluding hydrogens is 427 g/mol. The predicted molar refractivity (Wildman–Crippen MR) is 104 cm³/mol. The second-order valence-electron chi connectivity index (χ2n) is 6.19. The third-order valence-electron chi connectivity index (χ3n) is 4.31. The van der Waals surface area contributed by atoms with Gasteiger partial charge < -0.3 is 15.4 Å². The van der Waals surface area contributed by atoms with Crippen LogP contribution in [0.2, 0.25) is 10.3 Å². The van der Waals surface area contributed by atoms with Crippen molar-refractivity contribution in [1.29, 1.82) is 0 Å². The molecule has 0 aliphatic carbocycles. The number of thiazole rings is 1. The maximum absolute atomic E-state index is 13.0. The van der Waals surface area contributed by atoms with Gasteiger partial charge in [-0.1, -0.05) is 22.9 Å². The normalized spacial score (nSPS) is 19.8. The highest BCUT2D eigenvalue weighted by Crippen LogP contribution is 2.51. The first-order valence-electron chi connectivity index (χ1n) is 8.00. The molecule has 146 valence electrons. The molecule has 2 aromatic heterocycles. The van der Waals surface area contributed by atoms with Crippen molar-refractivity contribution in [2.75, 3.05) is 24.3 Å². The molecule has 0 saturated carbocycles. The zero-order valence-electron chi connectivity index (χ0n) is 14.8. The second-order valence-corrected chi connectivity index (χ2v) is 7.55.